The maximum Gasteiger partial charge on any atom is 0.358 e. The number of methoxy groups -OCH3 is 1. The average molecular weight is 368 g/mol. The van der Waals surface area contributed by atoms with Crippen molar-refractivity contribution in [3.05, 3.63) is 58.7 Å². The highest BCUT2D eigenvalue weighted by Gasteiger charge is 2.25. The zero-order valence-electron chi connectivity index (χ0n) is 15.6. The molecular formula is C18H20N6O3. The Morgan fingerprint density at radius 1 is 1.19 bits per heavy atom. The molecule has 0 radical (unpaired) electrons. The van der Waals surface area contributed by atoms with Gasteiger partial charge in [-0.25, -0.2) is 9.48 Å². The van der Waals surface area contributed by atoms with E-state index in [1.807, 2.05) is 30.3 Å². The SMILES string of the molecule is COC(=O)c1c(NC(=O)c2nnn(Cc3ccccc3)c2C)c(C)nn1C. The largest absolute Gasteiger partial charge is 0.464 e. The van der Waals surface area contributed by atoms with Crippen LogP contribution in [0.4, 0.5) is 5.69 Å². The Balaban J connectivity index is 1.85. The molecule has 1 N–H and O–H groups in total. The molecule has 2 heterocycles. The molecule has 2 aromatic heterocycles. The number of aryl methyl sites for hydroxylation is 2. The zero-order chi connectivity index (χ0) is 19.6. The van der Waals surface area contributed by atoms with E-state index in [0.29, 0.717) is 23.6 Å². The van der Waals surface area contributed by atoms with E-state index in [1.54, 1.807) is 25.6 Å². The van der Waals surface area contributed by atoms with Crippen LogP contribution < -0.4 is 5.32 Å². The monoisotopic (exact) mass is 368 g/mol. The summed E-state index contributed by atoms with van der Waals surface area (Å²) in [6, 6.07) is 9.76. The van der Waals surface area contributed by atoms with E-state index in [1.165, 1.54) is 11.8 Å². The first-order valence-electron chi connectivity index (χ1n) is 8.29. The predicted octanol–water partition coefficient (Wildman–Crippen LogP) is 1.72. The third-order valence-corrected chi connectivity index (χ3v) is 4.21. The molecule has 0 atom stereocenters. The van der Waals surface area contributed by atoms with Crippen LogP contribution in [0.5, 0.6) is 0 Å². The average Bonchev–Trinajstić information content (AvgIpc) is 3.15. The van der Waals surface area contributed by atoms with E-state index >= 15 is 0 Å². The maximum atomic E-state index is 12.7. The highest BCUT2D eigenvalue weighted by atomic mass is 16.5. The number of nitrogens with zero attached hydrogens (tertiary/aromatic N) is 5. The molecule has 3 aromatic rings. The second-order valence-corrected chi connectivity index (χ2v) is 6.05. The van der Waals surface area contributed by atoms with Crippen molar-refractivity contribution in [2.75, 3.05) is 12.4 Å². The lowest BCUT2D eigenvalue weighted by Crippen LogP contribution is -2.18. The van der Waals surface area contributed by atoms with Crippen LogP contribution in [0.1, 0.15) is 37.9 Å². The molecular weight excluding hydrogens is 348 g/mol. The minimum atomic E-state index is -0.585. The lowest BCUT2D eigenvalue weighted by atomic mass is 10.2. The van der Waals surface area contributed by atoms with Crippen molar-refractivity contribution in [3.63, 3.8) is 0 Å². The molecule has 0 fully saturated rings. The molecule has 1 amide bonds. The Bertz CT molecular complexity index is 990. The molecule has 3 rings (SSSR count). The summed E-state index contributed by atoms with van der Waals surface area (Å²) in [4.78, 5) is 24.7. The highest BCUT2D eigenvalue weighted by molar-refractivity contribution is 6.07. The van der Waals surface area contributed by atoms with Crippen LogP contribution >= 0.6 is 0 Å². The molecule has 140 valence electrons. The van der Waals surface area contributed by atoms with Crippen LogP contribution in [0.2, 0.25) is 0 Å². The van der Waals surface area contributed by atoms with Gasteiger partial charge in [-0.3, -0.25) is 9.48 Å². The van der Waals surface area contributed by atoms with Gasteiger partial charge in [-0.2, -0.15) is 5.10 Å². The Morgan fingerprint density at radius 2 is 1.89 bits per heavy atom. The number of rotatable bonds is 5. The summed E-state index contributed by atoms with van der Waals surface area (Å²) < 4.78 is 7.79. The van der Waals surface area contributed by atoms with E-state index in [2.05, 4.69) is 20.7 Å². The highest BCUT2D eigenvalue weighted by Crippen LogP contribution is 2.21. The lowest BCUT2D eigenvalue weighted by Gasteiger charge is -2.07. The van der Waals surface area contributed by atoms with Gasteiger partial charge in [0.15, 0.2) is 11.4 Å². The van der Waals surface area contributed by atoms with Gasteiger partial charge in [0.25, 0.3) is 5.91 Å². The van der Waals surface area contributed by atoms with Crippen molar-refractivity contribution in [1.82, 2.24) is 24.8 Å². The Labute approximate surface area is 155 Å². The van der Waals surface area contributed by atoms with E-state index in [0.717, 1.165) is 5.56 Å². The number of aromatic nitrogens is 5. The smallest absolute Gasteiger partial charge is 0.358 e. The summed E-state index contributed by atoms with van der Waals surface area (Å²) in [6.07, 6.45) is 0. The third kappa shape index (κ3) is 3.57. The second kappa shape index (κ2) is 7.40. The molecule has 0 saturated heterocycles. The summed E-state index contributed by atoms with van der Waals surface area (Å²) in [6.45, 7) is 3.97. The normalized spacial score (nSPS) is 10.7. The number of benzene rings is 1. The minimum absolute atomic E-state index is 0.165. The molecule has 0 saturated carbocycles. The van der Waals surface area contributed by atoms with E-state index < -0.39 is 11.9 Å². The van der Waals surface area contributed by atoms with Crippen LogP contribution in [-0.4, -0.2) is 43.8 Å². The molecule has 0 aliphatic carbocycles. The number of hydrogen-bond donors (Lipinski definition) is 1. The molecule has 9 nitrogen and oxygen atoms in total. The van der Waals surface area contributed by atoms with Crippen LogP contribution in [0.15, 0.2) is 30.3 Å². The lowest BCUT2D eigenvalue weighted by molar-refractivity contribution is 0.0589. The Morgan fingerprint density at radius 3 is 2.56 bits per heavy atom. The standard InChI is InChI=1S/C18H20N6O3/c1-11-14(16(18(26)27-4)23(3)21-11)19-17(25)15-12(2)24(22-20-15)10-13-8-6-5-7-9-13/h5-9H,10H2,1-4H3,(H,19,25). The molecule has 0 aliphatic rings. The fourth-order valence-electron chi connectivity index (χ4n) is 2.79. The number of anilines is 1. The number of nitrogens with one attached hydrogen (secondary N) is 1. The number of hydrogen-bond acceptors (Lipinski definition) is 6. The molecule has 0 bridgehead atoms. The van der Waals surface area contributed by atoms with Crippen molar-refractivity contribution in [1.29, 1.82) is 0 Å². The first-order valence-corrected chi connectivity index (χ1v) is 8.29. The zero-order valence-corrected chi connectivity index (χ0v) is 15.6. The van der Waals surface area contributed by atoms with Crippen LogP contribution in [0, 0.1) is 13.8 Å². The van der Waals surface area contributed by atoms with Gasteiger partial charge in [-0.15, -0.1) is 5.10 Å². The van der Waals surface area contributed by atoms with Gasteiger partial charge < -0.3 is 10.1 Å². The fraction of sp³-hybridized carbons (Fsp3) is 0.278. The molecule has 0 unspecified atom stereocenters. The molecule has 9 heteroatoms. The van der Waals surface area contributed by atoms with Crippen LogP contribution in [0.25, 0.3) is 0 Å². The Kier molecular flexibility index (Phi) is 5.02. The summed E-state index contributed by atoms with van der Waals surface area (Å²) in [5, 5.41) is 14.9. The van der Waals surface area contributed by atoms with Gasteiger partial charge in [0.05, 0.1) is 30.7 Å². The van der Waals surface area contributed by atoms with Gasteiger partial charge >= 0.3 is 5.97 Å². The van der Waals surface area contributed by atoms with Gasteiger partial charge in [0, 0.05) is 7.05 Å². The summed E-state index contributed by atoms with van der Waals surface area (Å²) in [5.41, 5.74) is 2.82. The topological polar surface area (TPSA) is 104 Å². The first kappa shape index (κ1) is 18.3. The Hall–Kier alpha value is -3.49. The molecule has 1 aromatic carbocycles. The van der Waals surface area contributed by atoms with Crippen LogP contribution in [-0.2, 0) is 18.3 Å². The predicted molar refractivity (Wildman–Crippen MR) is 97.5 cm³/mol. The maximum absolute atomic E-state index is 12.7. The van der Waals surface area contributed by atoms with Crippen molar-refractivity contribution in [2.45, 2.75) is 20.4 Å². The second-order valence-electron chi connectivity index (χ2n) is 6.05. The van der Waals surface area contributed by atoms with Gasteiger partial charge in [-0.1, -0.05) is 35.5 Å². The van der Waals surface area contributed by atoms with E-state index in [9.17, 15) is 9.59 Å². The van der Waals surface area contributed by atoms with Gasteiger partial charge in [0.2, 0.25) is 0 Å². The van der Waals surface area contributed by atoms with Crippen LogP contribution in [0.3, 0.4) is 0 Å². The number of carbonyl (C=O) groups is 2. The van der Waals surface area contributed by atoms with E-state index in [4.69, 9.17) is 4.74 Å². The van der Waals surface area contributed by atoms with E-state index in [-0.39, 0.29) is 11.4 Å². The van der Waals surface area contributed by atoms with Crippen molar-refractivity contribution >= 4 is 17.6 Å². The van der Waals surface area contributed by atoms with Crippen molar-refractivity contribution in [2.24, 2.45) is 7.05 Å². The molecule has 0 aliphatic heterocycles. The third-order valence-electron chi connectivity index (χ3n) is 4.21. The number of ether oxygens (including phenoxy) is 1. The minimum Gasteiger partial charge on any atom is -0.464 e. The van der Waals surface area contributed by atoms with Gasteiger partial charge in [0.1, 0.15) is 0 Å². The number of amides is 1. The number of carbonyl (C=O) groups excluding carboxylic acids is 2. The quantitative estimate of drug-likeness (QED) is 0.688. The summed E-state index contributed by atoms with van der Waals surface area (Å²) >= 11 is 0. The van der Waals surface area contributed by atoms with Crippen molar-refractivity contribution in [3.8, 4) is 0 Å². The fourth-order valence-corrected chi connectivity index (χ4v) is 2.79. The first-order chi connectivity index (χ1) is 12.9. The summed E-state index contributed by atoms with van der Waals surface area (Å²) in [7, 11) is 2.88. The number of esters is 1. The van der Waals surface area contributed by atoms with Gasteiger partial charge in [-0.05, 0) is 19.4 Å². The molecule has 0 spiro atoms. The summed E-state index contributed by atoms with van der Waals surface area (Å²) in [5.74, 6) is -1.05. The van der Waals surface area contributed by atoms with Crippen molar-refractivity contribution < 1.29 is 14.3 Å². The molecule has 27 heavy (non-hydrogen) atoms.